The van der Waals surface area contributed by atoms with E-state index in [1.165, 1.54) is 0 Å². The van der Waals surface area contributed by atoms with E-state index in [4.69, 9.17) is 4.74 Å². The number of ether oxygens (including phenoxy) is 1. The summed E-state index contributed by atoms with van der Waals surface area (Å²) in [4.78, 5) is 25.3. The minimum absolute atomic E-state index is 0.202. The summed E-state index contributed by atoms with van der Waals surface area (Å²) in [6.07, 6.45) is 0.800. The van der Waals surface area contributed by atoms with Crippen molar-refractivity contribution in [1.82, 2.24) is 9.36 Å². The average Bonchev–Trinajstić information content (AvgIpc) is 2.90. The number of rotatable bonds is 6. The van der Waals surface area contributed by atoms with Crippen molar-refractivity contribution in [3.05, 3.63) is 76.2 Å². The van der Waals surface area contributed by atoms with Crippen molar-refractivity contribution in [2.45, 2.75) is 19.8 Å². The monoisotopic (exact) mass is 365 g/mol. The lowest BCUT2D eigenvalue weighted by Crippen LogP contribution is -2.23. The lowest BCUT2D eigenvalue weighted by molar-refractivity contribution is -0.116. The van der Waals surface area contributed by atoms with Crippen LogP contribution < -0.4 is 15.6 Å². The third-order valence-electron chi connectivity index (χ3n) is 4.63. The number of hydrogen-bond acceptors (Lipinski definition) is 3. The zero-order chi connectivity index (χ0) is 19.4. The molecule has 27 heavy (non-hydrogen) atoms. The molecule has 0 aliphatic rings. The molecule has 0 atom stereocenters. The second-order valence-electron chi connectivity index (χ2n) is 6.30. The third-order valence-corrected chi connectivity index (χ3v) is 4.63. The highest BCUT2D eigenvalue weighted by Crippen LogP contribution is 2.19. The van der Waals surface area contributed by atoms with Gasteiger partial charge in [-0.05, 0) is 37.1 Å². The van der Waals surface area contributed by atoms with E-state index in [1.54, 1.807) is 23.5 Å². The van der Waals surface area contributed by atoms with Gasteiger partial charge in [0, 0.05) is 13.5 Å². The predicted molar refractivity (Wildman–Crippen MR) is 106 cm³/mol. The largest absolute Gasteiger partial charge is 0.496 e. The van der Waals surface area contributed by atoms with Gasteiger partial charge in [0.15, 0.2) is 0 Å². The molecule has 6 heteroatoms. The summed E-state index contributed by atoms with van der Waals surface area (Å²) in [6, 6.07) is 16.9. The van der Waals surface area contributed by atoms with Gasteiger partial charge in [0.05, 0.1) is 18.5 Å². The maximum absolute atomic E-state index is 12.8. The molecule has 2 aromatic carbocycles. The van der Waals surface area contributed by atoms with Gasteiger partial charge >= 0.3 is 0 Å². The molecule has 1 N–H and O–H groups in total. The summed E-state index contributed by atoms with van der Waals surface area (Å²) in [5.41, 5.74) is 2.48. The van der Waals surface area contributed by atoms with Gasteiger partial charge in [-0.2, -0.15) is 0 Å². The lowest BCUT2D eigenvalue weighted by atomic mass is 10.1. The molecule has 0 bridgehead atoms. The zero-order valence-electron chi connectivity index (χ0n) is 15.7. The van der Waals surface area contributed by atoms with Crippen molar-refractivity contribution in [1.29, 1.82) is 0 Å². The number of hydrogen-bond donors (Lipinski definition) is 1. The molecule has 0 radical (unpaired) electrons. The smallest absolute Gasteiger partial charge is 0.295 e. The molecule has 0 aliphatic carbocycles. The predicted octanol–water partition coefficient (Wildman–Crippen LogP) is 3.06. The van der Waals surface area contributed by atoms with Crippen molar-refractivity contribution in [3.63, 3.8) is 0 Å². The molecule has 1 aromatic heterocycles. The Morgan fingerprint density at radius 3 is 2.44 bits per heavy atom. The molecule has 0 spiro atoms. The van der Waals surface area contributed by atoms with Crippen molar-refractivity contribution in [3.8, 4) is 11.4 Å². The molecule has 0 unspecified atom stereocenters. The van der Waals surface area contributed by atoms with E-state index in [1.807, 2.05) is 61.5 Å². The molecule has 1 heterocycles. The number of anilines is 1. The van der Waals surface area contributed by atoms with E-state index in [2.05, 4.69) is 5.32 Å². The highest BCUT2D eigenvalue weighted by molar-refractivity contribution is 5.91. The Labute approximate surface area is 158 Å². The molecule has 6 nitrogen and oxygen atoms in total. The van der Waals surface area contributed by atoms with Crippen LogP contribution in [0.4, 0.5) is 5.69 Å². The molecule has 0 fully saturated rings. The summed E-state index contributed by atoms with van der Waals surface area (Å²) in [7, 11) is 3.41. The number of para-hydroxylation sites is 2. The van der Waals surface area contributed by atoms with E-state index in [0.717, 1.165) is 17.0 Å². The number of carbonyl (C=O) groups excluding carboxylic acids is 1. The second kappa shape index (κ2) is 7.95. The maximum atomic E-state index is 12.8. The van der Waals surface area contributed by atoms with E-state index in [0.29, 0.717) is 17.8 Å². The fraction of sp³-hybridized carbons (Fsp3) is 0.238. The van der Waals surface area contributed by atoms with Crippen LogP contribution >= 0.6 is 0 Å². The van der Waals surface area contributed by atoms with Crippen LogP contribution in [-0.2, 0) is 18.3 Å². The van der Waals surface area contributed by atoms with E-state index >= 15 is 0 Å². The Kier molecular flexibility index (Phi) is 5.45. The summed E-state index contributed by atoms with van der Waals surface area (Å²) < 4.78 is 8.60. The van der Waals surface area contributed by atoms with Crippen LogP contribution in [0.5, 0.6) is 5.75 Å². The SMILES string of the molecule is COc1ccccc1CCC(=O)Nc1c(C)n(C)n(-c2ccccc2)c1=O. The van der Waals surface area contributed by atoms with Gasteiger partial charge in [0.2, 0.25) is 5.91 Å². The van der Waals surface area contributed by atoms with Gasteiger partial charge in [0.25, 0.3) is 5.56 Å². The molecule has 3 aromatic rings. The lowest BCUT2D eigenvalue weighted by Gasteiger charge is -2.08. The van der Waals surface area contributed by atoms with Crippen LogP contribution in [0.25, 0.3) is 5.69 Å². The third kappa shape index (κ3) is 3.79. The van der Waals surface area contributed by atoms with Gasteiger partial charge in [-0.15, -0.1) is 0 Å². The molecule has 1 amide bonds. The van der Waals surface area contributed by atoms with Gasteiger partial charge in [-0.25, -0.2) is 4.68 Å². The Bertz CT molecular complexity index is 1000. The molecule has 0 aliphatic heterocycles. The van der Waals surface area contributed by atoms with Crippen molar-refractivity contribution >= 4 is 11.6 Å². The highest BCUT2D eigenvalue weighted by Gasteiger charge is 2.18. The molecule has 0 saturated carbocycles. The summed E-state index contributed by atoms with van der Waals surface area (Å²) in [5, 5.41) is 2.78. The number of aromatic nitrogens is 2. The fourth-order valence-electron chi connectivity index (χ4n) is 3.07. The van der Waals surface area contributed by atoms with Crippen LogP contribution in [0.2, 0.25) is 0 Å². The summed E-state index contributed by atoms with van der Waals surface area (Å²) >= 11 is 0. The molecular formula is C21H23N3O3. The molecule has 140 valence electrons. The zero-order valence-corrected chi connectivity index (χ0v) is 15.7. The Morgan fingerprint density at radius 2 is 1.74 bits per heavy atom. The average molecular weight is 365 g/mol. The number of aryl methyl sites for hydroxylation is 1. The number of nitrogens with zero attached hydrogens (tertiary/aromatic N) is 2. The first-order valence-electron chi connectivity index (χ1n) is 8.78. The number of benzene rings is 2. The van der Waals surface area contributed by atoms with Gasteiger partial charge in [-0.3, -0.25) is 14.3 Å². The topological polar surface area (TPSA) is 65.3 Å². The first kappa shape index (κ1) is 18.5. The summed E-state index contributed by atoms with van der Waals surface area (Å²) in [5.74, 6) is 0.555. The first-order chi connectivity index (χ1) is 13.0. The normalized spacial score (nSPS) is 10.6. The van der Waals surface area contributed by atoms with Crippen LogP contribution in [0.15, 0.2) is 59.4 Å². The van der Waals surface area contributed by atoms with E-state index < -0.39 is 0 Å². The number of carbonyl (C=O) groups is 1. The van der Waals surface area contributed by atoms with Crippen molar-refractivity contribution in [2.24, 2.45) is 7.05 Å². The Morgan fingerprint density at radius 1 is 1.07 bits per heavy atom. The standard InChI is InChI=1S/C21H23N3O3/c1-15-20(21(26)24(23(15)2)17-10-5-4-6-11-17)22-19(25)14-13-16-9-7-8-12-18(16)27-3/h4-12H,13-14H2,1-3H3,(H,22,25). The van der Waals surface area contributed by atoms with E-state index in [-0.39, 0.29) is 17.9 Å². The van der Waals surface area contributed by atoms with E-state index in [9.17, 15) is 9.59 Å². The van der Waals surface area contributed by atoms with Crippen LogP contribution in [0.3, 0.4) is 0 Å². The Balaban J connectivity index is 1.78. The van der Waals surface area contributed by atoms with Gasteiger partial charge in [0.1, 0.15) is 11.4 Å². The van der Waals surface area contributed by atoms with Crippen LogP contribution in [0.1, 0.15) is 17.7 Å². The minimum Gasteiger partial charge on any atom is -0.496 e. The quantitative estimate of drug-likeness (QED) is 0.730. The van der Waals surface area contributed by atoms with Gasteiger partial charge < -0.3 is 10.1 Å². The maximum Gasteiger partial charge on any atom is 0.295 e. The molecular weight excluding hydrogens is 342 g/mol. The van der Waals surface area contributed by atoms with Crippen LogP contribution in [0, 0.1) is 6.92 Å². The van der Waals surface area contributed by atoms with Gasteiger partial charge in [-0.1, -0.05) is 36.4 Å². The second-order valence-corrected chi connectivity index (χ2v) is 6.30. The van der Waals surface area contributed by atoms with Crippen molar-refractivity contribution in [2.75, 3.05) is 12.4 Å². The minimum atomic E-state index is -0.244. The highest BCUT2D eigenvalue weighted by atomic mass is 16.5. The number of amides is 1. The summed E-state index contributed by atoms with van der Waals surface area (Å²) in [6.45, 7) is 1.82. The number of methoxy groups -OCH3 is 1. The van der Waals surface area contributed by atoms with Crippen LogP contribution in [-0.4, -0.2) is 22.4 Å². The molecule has 3 rings (SSSR count). The Hall–Kier alpha value is -3.28. The number of nitrogens with one attached hydrogen (secondary N) is 1. The fourth-order valence-corrected chi connectivity index (χ4v) is 3.07. The van der Waals surface area contributed by atoms with Crippen molar-refractivity contribution < 1.29 is 9.53 Å². The molecule has 0 saturated heterocycles. The first-order valence-corrected chi connectivity index (χ1v) is 8.78.